The van der Waals surface area contributed by atoms with E-state index in [1.807, 2.05) is 0 Å². The van der Waals surface area contributed by atoms with Crippen LogP contribution in [0, 0.1) is 5.41 Å². The molecule has 0 radical (unpaired) electrons. The van der Waals surface area contributed by atoms with Crippen LogP contribution in [0.25, 0.3) is 16.6 Å². The van der Waals surface area contributed by atoms with Crippen LogP contribution in [0.2, 0.25) is 0 Å². The number of hydrogen-bond donors (Lipinski definition) is 2. The van der Waals surface area contributed by atoms with Gasteiger partial charge in [0.2, 0.25) is 5.91 Å². The molecule has 0 fully saturated rings. The van der Waals surface area contributed by atoms with E-state index in [2.05, 4.69) is 15.3 Å². The Balaban J connectivity index is 2.19. The Kier molecular flexibility index (Phi) is 3.75. The normalized spacial score (nSPS) is 11.6. The third-order valence-electron chi connectivity index (χ3n) is 3.71. The van der Waals surface area contributed by atoms with Gasteiger partial charge >= 0.3 is 5.97 Å². The minimum Gasteiger partial charge on any atom is -0.477 e. The minimum atomic E-state index is -1.35. The van der Waals surface area contributed by atoms with Crippen LogP contribution < -0.4 is 10.9 Å². The van der Waals surface area contributed by atoms with Gasteiger partial charge in [0.25, 0.3) is 5.56 Å². The van der Waals surface area contributed by atoms with Crippen molar-refractivity contribution in [3.63, 3.8) is 0 Å². The van der Waals surface area contributed by atoms with E-state index >= 15 is 0 Å². The number of amides is 1. The monoisotopic (exact) mass is 340 g/mol. The molecule has 2 heterocycles. The highest BCUT2D eigenvalue weighted by atomic mass is 16.4. The van der Waals surface area contributed by atoms with Crippen molar-refractivity contribution in [1.29, 1.82) is 0 Å². The van der Waals surface area contributed by atoms with E-state index in [0.29, 0.717) is 16.6 Å². The molecule has 3 rings (SSSR count). The lowest BCUT2D eigenvalue weighted by molar-refractivity contribution is -0.123. The third kappa shape index (κ3) is 2.93. The Labute approximate surface area is 142 Å². The van der Waals surface area contributed by atoms with Gasteiger partial charge < -0.3 is 10.4 Å². The van der Waals surface area contributed by atoms with Crippen molar-refractivity contribution >= 4 is 34.1 Å². The molecule has 0 atom stereocenters. The summed E-state index contributed by atoms with van der Waals surface area (Å²) >= 11 is 0. The molecule has 0 aliphatic carbocycles. The van der Waals surface area contributed by atoms with Gasteiger partial charge in [-0.05, 0) is 18.2 Å². The molecule has 8 heteroatoms. The molecule has 0 aliphatic heterocycles. The summed E-state index contributed by atoms with van der Waals surface area (Å²) in [6.07, 6.45) is 2.27. The minimum absolute atomic E-state index is 0.154. The van der Waals surface area contributed by atoms with Gasteiger partial charge in [-0.15, -0.1) is 0 Å². The molecule has 8 nitrogen and oxygen atoms in total. The Hall–Kier alpha value is -3.29. The average Bonchev–Trinajstić information content (AvgIpc) is 2.53. The summed E-state index contributed by atoms with van der Waals surface area (Å²) in [7, 11) is 0. The number of rotatable bonds is 2. The molecule has 3 aromatic rings. The van der Waals surface area contributed by atoms with Gasteiger partial charge in [-0.1, -0.05) is 20.8 Å². The molecule has 0 saturated carbocycles. The predicted molar refractivity (Wildman–Crippen MR) is 91.8 cm³/mol. The van der Waals surface area contributed by atoms with Gasteiger partial charge in [-0.3, -0.25) is 9.59 Å². The number of carbonyl (C=O) groups excluding carboxylic acids is 1. The van der Waals surface area contributed by atoms with Crippen molar-refractivity contribution < 1.29 is 14.7 Å². The molecule has 0 saturated heterocycles. The average molecular weight is 340 g/mol. The molecule has 0 spiro atoms. The van der Waals surface area contributed by atoms with Crippen LogP contribution in [0.3, 0.4) is 0 Å². The van der Waals surface area contributed by atoms with E-state index in [9.17, 15) is 14.4 Å². The largest absolute Gasteiger partial charge is 0.477 e. The van der Waals surface area contributed by atoms with Crippen molar-refractivity contribution in [3.8, 4) is 0 Å². The number of nitrogens with one attached hydrogen (secondary N) is 1. The third-order valence-corrected chi connectivity index (χ3v) is 3.71. The zero-order chi connectivity index (χ0) is 18.4. The number of aromatic carboxylic acids is 1. The van der Waals surface area contributed by atoms with Gasteiger partial charge in [-0.25, -0.2) is 19.2 Å². The van der Waals surface area contributed by atoms with E-state index in [1.165, 1.54) is 6.33 Å². The van der Waals surface area contributed by atoms with Gasteiger partial charge in [0.15, 0.2) is 0 Å². The maximum Gasteiger partial charge on any atom is 0.342 e. The summed E-state index contributed by atoms with van der Waals surface area (Å²) in [6, 6.07) is 5.07. The highest BCUT2D eigenvalue weighted by molar-refractivity contribution is 5.99. The maximum absolute atomic E-state index is 12.2. The highest BCUT2D eigenvalue weighted by Gasteiger charge is 2.21. The number of benzene rings is 1. The van der Waals surface area contributed by atoms with Crippen LogP contribution in [0.1, 0.15) is 31.1 Å². The smallest absolute Gasteiger partial charge is 0.342 e. The summed E-state index contributed by atoms with van der Waals surface area (Å²) in [5.74, 6) is -1.50. The standard InChI is InChI=1S/C17H16N4O4/c1-17(2,3)16(25)20-9-4-5-12-10(6-9)13-18-7-11(15(23)24)14(22)21(13)8-19-12/h4-8H,1-3H3,(H,20,25)(H,23,24). The van der Waals surface area contributed by atoms with Crippen molar-refractivity contribution in [2.24, 2.45) is 5.41 Å². The zero-order valence-electron chi connectivity index (χ0n) is 13.9. The molecular weight excluding hydrogens is 324 g/mol. The molecule has 128 valence electrons. The lowest BCUT2D eigenvalue weighted by atomic mass is 9.95. The van der Waals surface area contributed by atoms with Gasteiger partial charge in [-0.2, -0.15) is 0 Å². The fourth-order valence-electron chi connectivity index (χ4n) is 2.27. The first-order chi connectivity index (χ1) is 11.7. The Morgan fingerprint density at radius 1 is 1.20 bits per heavy atom. The number of carbonyl (C=O) groups is 2. The second kappa shape index (κ2) is 5.66. The second-order valence-corrected chi connectivity index (χ2v) is 6.66. The maximum atomic E-state index is 12.2. The quantitative estimate of drug-likeness (QED) is 0.689. The number of hydrogen-bond acceptors (Lipinski definition) is 5. The fraction of sp³-hybridized carbons (Fsp3) is 0.235. The molecule has 2 aromatic heterocycles. The molecule has 2 N–H and O–H groups in total. The first-order valence-electron chi connectivity index (χ1n) is 7.53. The zero-order valence-corrected chi connectivity index (χ0v) is 13.9. The molecule has 1 amide bonds. The summed E-state index contributed by atoms with van der Waals surface area (Å²) in [5, 5.41) is 12.4. The van der Waals surface area contributed by atoms with Crippen LogP contribution in [0.4, 0.5) is 5.69 Å². The predicted octanol–water partition coefficient (Wildman–Crippen LogP) is 1.93. The number of carboxylic acid groups (broad SMARTS) is 1. The Morgan fingerprint density at radius 2 is 1.92 bits per heavy atom. The van der Waals surface area contributed by atoms with Crippen molar-refractivity contribution in [1.82, 2.24) is 14.4 Å². The molecular formula is C17H16N4O4. The molecule has 0 unspecified atom stereocenters. The molecule has 0 aliphatic rings. The fourth-order valence-corrected chi connectivity index (χ4v) is 2.27. The SMILES string of the molecule is CC(C)(C)C(=O)Nc1ccc2ncn3c(=O)c(C(=O)O)cnc3c2c1. The van der Waals surface area contributed by atoms with Crippen molar-refractivity contribution in [2.75, 3.05) is 5.32 Å². The van der Waals surface area contributed by atoms with Gasteiger partial charge in [0.1, 0.15) is 17.5 Å². The summed E-state index contributed by atoms with van der Waals surface area (Å²) < 4.78 is 1.08. The lowest BCUT2D eigenvalue weighted by Crippen LogP contribution is -2.27. The van der Waals surface area contributed by atoms with E-state index in [-0.39, 0.29) is 11.6 Å². The number of carboxylic acids is 1. The topological polar surface area (TPSA) is 114 Å². The number of anilines is 1. The van der Waals surface area contributed by atoms with E-state index < -0.39 is 22.5 Å². The van der Waals surface area contributed by atoms with Gasteiger partial charge in [0, 0.05) is 22.7 Å². The summed E-state index contributed by atoms with van der Waals surface area (Å²) in [5.41, 5.74) is -0.321. The second-order valence-electron chi connectivity index (χ2n) is 6.66. The lowest BCUT2D eigenvalue weighted by Gasteiger charge is -2.18. The van der Waals surface area contributed by atoms with E-state index in [4.69, 9.17) is 5.11 Å². The Morgan fingerprint density at radius 3 is 2.56 bits per heavy atom. The summed E-state index contributed by atoms with van der Waals surface area (Å²) in [6.45, 7) is 5.40. The number of fused-ring (bicyclic) bond motifs is 3. The molecule has 0 bridgehead atoms. The van der Waals surface area contributed by atoms with Crippen LogP contribution in [-0.2, 0) is 4.79 Å². The van der Waals surface area contributed by atoms with E-state index in [1.54, 1.807) is 39.0 Å². The molecule has 1 aromatic carbocycles. The van der Waals surface area contributed by atoms with Crippen LogP contribution in [-0.4, -0.2) is 31.4 Å². The number of aromatic nitrogens is 3. The molecule has 25 heavy (non-hydrogen) atoms. The van der Waals surface area contributed by atoms with E-state index in [0.717, 1.165) is 10.6 Å². The summed E-state index contributed by atoms with van der Waals surface area (Å²) in [4.78, 5) is 43.7. The first kappa shape index (κ1) is 16.6. The van der Waals surface area contributed by atoms with Crippen molar-refractivity contribution in [3.05, 3.63) is 46.6 Å². The van der Waals surface area contributed by atoms with Crippen LogP contribution in [0.15, 0.2) is 35.5 Å². The highest BCUT2D eigenvalue weighted by Crippen LogP contribution is 2.22. The number of nitrogens with zero attached hydrogens (tertiary/aromatic N) is 3. The van der Waals surface area contributed by atoms with Crippen molar-refractivity contribution in [2.45, 2.75) is 20.8 Å². The Bertz CT molecular complexity index is 1080. The van der Waals surface area contributed by atoms with Gasteiger partial charge in [0.05, 0.1) is 5.52 Å². The van der Waals surface area contributed by atoms with Crippen LogP contribution in [0.5, 0.6) is 0 Å². The van der Waals surface area contributed by atoms with Crippen LogP contribution >= 0.6 is 0 Å². The first-order valence-corrected chi connectivity index (χ1v) is 7.53.